The molecule has 0 N–H and O–H groups in total. The lowest BCUT2D eigenvalue weighted by Crippen LogP contribution is -2.48. The second-order valence-electron chi connectivity index (χ2n) is 7.16. The first-order valence-corrected chi connectivity index (χ1v) is 10.4. The molecular formula is C24H23ClN4O2. The Hall–Kier alpha value is -3.38. The third kappa shape index (κ3) is 5.03. The zero-order valence-electron chi connectivity index (χ0n) is 17.2. The van der Waals surface area contributed by atoms with Crippen LogP contribution in [0.1, 0.15) is 5.56 Å². The van der Waals surface area contributed by atoms with Gasteiger partial charge in [-0.25, -0.2) is 9.97 Å². The van der Waals surface area contributed by atoms with Crippen LogP contribution >= 0.6 is 11.6 Å². The van der Waals surface area contributed by atoms with E-state index in [0.29, 0.717) is 31.2 Å². The summed E-state index contributed by atoms with van der Waals surface area (Å²) in [4.78, 5) is 25.4. The van der Waals surface area contributed by atoms with E-state index in [1.165, 1.54) is 0 Å². The first kappa shape index (κ1) is 20.9. The second-order valence-corrected chi connectivity index (χ2v) is 7.56. The van der Waals surface area contributed by atoms with Gasteiger partial charge in [-0.15, -0.1) is 0 Å². The molecule has 1 saturated heterocycles. The van der Waals surface area contributed by atoms with Crippen molar-refractivity contribution >= 4 is 29.4 Å². The van der Waals surface area contributed by atoms with E-state index in [4.69, 9.17) is 16.3 Å². The van der Waals surface area contributed by atoms with Crippen LogP contribution in [0.15, 0.2) is 67.0 Å². The number of hydrogen-bond acceptors (Lipinski definition) is 5. The molecule has 31 heavy (non-hydrogen) atoms. The van der Waals surface area contributed by atoms with Crippen LogP contribution in [-0.2, 0) is 4.79 Å². The first-order chi connectivity index (χ1) is 15.1. The number of hydrogen-bond donors (Lipinski definition) is 0. The molecule has 2 heterocycles. The molecule has 3 aromatic rings. The summed E-state index contributed by atoms with van der Waals surface area (Å²) in [6.07, 6.45) is 4.94. The summed E-state index contributed by atoms with van der Waals surface area (Å²) >= 11 is 6.15. The third-order valence-electron chi connectivity index (χ3n) is 5.26. The molecule has 158 valence electrons. The number of rotatable bonds is 5. The zero-order valence-corrected chi connectivity index (χ0v) is 18.0. The number of benzene rings is 2. The fourth-order valence-corrected chi connectivity index (χ4v) is 3.67. The van der Waals surface area contributed by atoms with Crippen molar-refractivity contribution in [1.29, 1.82) is 0 Å². The number of aromatic nitrogens is 2. The highest BCUT2D eigenvalue weighted by atomic mass is 35.5. The van der Waals surface area contributed by atoms with E-state index in [1.54, 1.807) is 25.6 Å². The molecular weight excluding hydrogens is 412 g/mol. The Balaban J connectivity index is 1.38. The van der Waals surface area contributed by atoms with Gasteiger partial charge in [0.05, 0.1) is 12.8 Å². The lowest BCUT2D eigenvalue weighted by molar-refractivity contribution is -0.126. The van der Waals surface area contributed by atoms with Gasteiger partial charge in [-0.3, -0.25) is 4.79 Å². The van der Waals surface area contributed by atoms with Crippen molar-refractivity contribution in [2.24, 2.45) is 0 Å². The van der Waals surface area contributed by atoms with Gasteiger partial charge in [0.15, 0.2) is 0 Å². The van der Waals surface area contributed by atoms with E-state index >= 15 is 0 Å². The van der Waals surface area contributed by atoms with Crippen molar-refractivity contribution in [3.8, 4) is 17.0 Å². The maximum atomic E-state index is 12.6. The van der Waals surface area contributed by atoms with Crippen molar-refractivity contribution in [2.75, 3.05) is 38.2 Å². The van der Waals surface area contributed by atoms with Gasteiger partial charge < -0.3 is 14.5 Å². The number of nitrogens with zero attached hydrogens (tertiary/aromatic N) is 4. The maximum Gasteiger partial charge on any atom is 0.246 e. The van der Waals surface area contributed by atoms with Crippen LogP contribution in [0, 0.1) is 0 Å². The highest BCUT2D eigenvalue weighted by Crippen LogP contribution is 2.24. The summed E-state index contributed by atoms with van der Waals surface area (Å²) < 4.78 is 5.22. The molecule has 4 rings (SSSR count). The zero-order chi connectivity index (χ0) is 21.6. The van der Waals surface area contributed by atoms with Crippen LogP contribution in [0.3, 0.4) is 0 Å². The molecule has 0 spiro atoms. The Kier molecular flexibility index (Phi) is 6.48. The summed E-state index contributed by atoms with van der Waals surface area (Å²) in [6.45, 7) is 2.69. The number of amides is 1. The van der Waals surface area contributed by atoms with Crippen molar-refractivity contribution in [1.82, 2.24) is 14.9 Å². The molecule has 7 heteroatoms. The Morgan fingerprint density at radius 2 is 1.77 bits per heavy atom. The lowest BCUT2D eigenvalue weighted by atomic mass is 10.1. The van der Waals surface area contributed by atoms with Crippen LogP contribution in [0.5, 0.6) is 5.75 Å². The van der Waals surface area contributed by atoms with Gasteiger partial charge in [0, 0.05) is 48.9 Å². The van der Waals surface area contributed by atoms with E-state index in [9.17, 15) is 4.79 Å². The number of methoxy groups -OCH3 is 1. The van der Waals surface area contributed by atoms with Crippen LogP contribution in [0.2, 0.25) is 5.02 Å². The van der Waals surface area contributed by atoms with Crippen molar-refractivity contribution in [3.05, 3.63) is 77.6 Å². The van der Waals surface area contributed by atoms with Gasteiger partial charge in [0.25, 0.3) is 0 Å². The van der Waals surface area contributed by atoms with Gasteiger partial charge in [-0.05, 0) is 42.0 Å². The SMILES string of the molecule is COc1ccc(-c2cc(N3CCN(C(=O)/C=C/c4ccccc4Cl)CC3)ncn2)cc1. The number of carbonyl (C=O) groups is 1. The van der Waals surface area contributed by atoms with E-state index in [-0.39, 0.29) is 5.91 Å². The van der Waals surface area contributed by atoms with Crippen LogP contribution < -0.4 is 9.64 Å². The minimum Gasteiger partial charge on any atom is -0.497 e. The predicted molar refractivity (Wildman–Crippen MR) is 123 cm³/mol. The van der Waals surface area contributed by atoms with Crippen molar-refractivity contribution in [3.63, 3.8) is 0 Å². The molecule has 0 unspecified atom stereocenters. The average molecular weight is 435 g/mol. The van der Waals surface area contributed by atoms with E-state index in [1.807, 2.05) is 59.5 Å². The number of carbonyl (C=O) groups excluding carboxylic acids is 1. The van der Waals surface area contributed by atoms with Gasteiger partial charge in [-0.1, -0.05) is 29.8 Å². The molecule has 6 nitrogen and oxygen atoms in total. The molecule has 1 aliphatic heterocycles. The molecule has 0 bridgehead atoms. The molecule has 0 radical (unpaired) electrons. The molecule has 0 saturated carbocycles. The standard InChI is InChI=1S/C24H23ClN4O2/c1-31-20-9-6-19(7-10-20)22-16-23(27-17-26-22)28-12-14-29(15-13-28)24(30)11-8-18-4-2-3-5-21(18)25/h2-11,16-17H,12-15H2,1H3/b11-8+. The quantitative estimate of drug-likeness (QED) is 0.564. The van der Waals surface area contributed by atoms with Gasteiger partial charge in [-0.2, -0.15) is 0 Å². The summed E-state index contributed by atoms with van der Waals surface area (Å²) in [5.41, 5.74) is 2.69. The Morgan fingerprint density at radius 3 is 2.48 bits per heavy atom. The lowest BCUT2D eigenvalue weighted by Gasteiger charge is -2.35. The molecule has 1 fully saturated rings. The Labute approximate surface area is 186 Å². The Bertz CT molecular complexity index is 1080. The minimum absolute atomic E-state index is 0.0128. The largest absolute Gasteiger partial charge is 0.497 e. The third-order valence-corrected chi connectivity index (χ3v) is 5.61. The predicted octanol–water partition coefficient (Wildman–Crippen LogP) is 4.17. The number of piperazine rings is 1. The average Bonchev–Trinajstić information content (AvgIpc) is 2.83. The summed E-state index contributed by atoms with van der Waals surface area (Å²) in [7, 11) is 1.65. The topological polar surface area (TPSA) is 58.6 Å². The summed E-state index contributed by atoms with van der Waals surface area (Å²) in [5.74, 6) is 1.66. The highest BCUT2D eigenvalue weighted by Gasteiger charge is 2.21. The summed E-state index contributed by atoms with van der Waals surface area (Å²) in [5, 5.41) is 0.632. The smallest absolute Gasteiger partial charge is 0.246 e. The molecule has 2 aromatic carbocycles. The highest BCUT2D eigenvalue weighted by molar-refractivity contribution is 6.32. The van der Waals surface area contributed by atoms with E-state index < -0.39 is 0 Å². The maximum absolute atomic E-state index is 12.6. The normalized spacial score (nSPS) is 14.1. The Morgan fingerprint density at radius 1 is 1.03 bits per heavy atom. The van der Waals surface area contributed by atoms with Crippen molar-refractivity contribution < 1.29 is 9.53 Å². The molecule has 1 aromatic heterocycles. The van der Waals surface area contributed by atoms with Gasteiger partial charge >= 0.3 is 0 Å². The van der Waals surface area contributed by atoms with E-state index in [0.717, 1.165) is 28.4 Å². The van der Waals surface area contributed by atoms with Crippen LogP contribution in [-0.4, -0.2) is 54.1 Å². The number of ether oxygens (including phenoxy) is 1. The molecule has 0 aliphatic carbocycles. The van der Waals surface area contributed by atoms with Gasteiger partial charge in [0.2, 0.25) is 5.91 Å². The fraction of sp³-hybridized carbons (Fsp3) is 0.208. The monoisotopic (exact) mass is 434 g/mol. The molecule has 1 aliphatic rings. The van der Waals surface area contributed by atoms with Crippen molar-refractivity contribution in [2.45, 2.75) is 0 Å². The summed E-state index contributed by atoms with van der Waals surface area (Å²) in [6, 6.07) is 17.2. The first-order valence-electron chi connectivity index (χ1n) is 10.1. The molecule has 0 atom stereocenters. The second kappa shape index (κ2) is 9.62. The van der Waals surface area contributed by atoms with Gasteiger partial charge in [0.1, 0.15) is 17.9 Å². The number of halogens is 1. The number of anilines is 1. The van der Waals surface area contributed by atoms with Crippen LogP contribution in [0.25, 0.3) is 17.3 Å². The fourth-order valence-electron chi connectivity index (χ4n) is 3.47. The van der Waals surface area contributed by atoms with Crippen LogP contribution in [0.4, 0.5) is 5.82 Å². The van der Waals surface area contributed by atoms with E-state index in [2.05, 4.69) is 14.9 Å². The minimum atomic E-state index is -0.0128. The molecule has 1 amide bonds.